The van der Waals surface area contributed by atoms with E-state index in [1.165, 1.54) is 20.3 Å². The van der Waals surface area contributed by atoms with Gasteiger partial charge in [-0.05, 0) is 23.8 Å². The fourth-order valence-corrected chi connectivity index (χ4v) is 1.95. The highest BCUT2D eigenvalue weighted by atomic mass is 16.6. The first-order chi connectivity index (χ1) is 10.2. The molecule has 108 valence electrons. The van der Waals surface area contributed by atoms with Gasteiger partial charge in [-0.3, -0.25) is 10.1 Å². The van der Waals surface area contributed by atoms with Crippen LogP contribution in [0, 0.1) is 10.1 Å². The molecule has 0 aliphatic heterocycles. The summed E-state index contributed by atoms with van der Waals surface area (Å²) < 4.78 is 10.3. The van der Waals surface area contributed by atoms with E-state index in [0.29, 0.717) is 17.1 Å². The minimum atomic E-state index is -0.426. The Bertz CT molecular complexity index is 665. The average Bonchev–Trinajstić information content (AvgIpc) is 2.52. The molecule has 0 fully saturated rings. The smallest absolute Gasteiger partial charge is 0.281 e. The number of benzene rings is 2. The van der Waals surface area contributed by atoms with Crippen LogP contribution < -0.4 is 9.47 Å². The second-order valence-electron chi connectivity index (χ2n) is 4.26. The lowest BCUT2D eigenvalue weighted by Crippen LogP contribution is -2.01. The molecule has 21 heavy (non-hydrogen) atoms. The van der Waals surface area contributed by atoms with E-state index in [9.17, 15) is 10.1 Å². The number of nitro groups is 1. The summed E-state index contributed by atoms with van der Waals surface area (Å²) in [5.41, 5.74) is 1.08. The zero-order chi connectivity index (χ0) is 15.2. The van der Waals surface area contributed by atoms with E-state index < -0.39 is 4.92 Å². The molecule has 0 bridgehead atoms. The molecule has 0 aliphatic carbocycles. The number of hydrogen-bond acceptors (Lipinski definition) is 4. The quantitative estimate of drug-likeness (QED) is 0.479. The van der Waals surface area contributed by atoms with Crippen LogP contribution in [0.2, 0.25) is 0 Å². The Kier molecular flexibility index (Phi) is 4.56. The maximum absolute atomic E-state index is 11.4. The van der Waals surface area contributed by atoms with Crippen LogP contribution in [0.1, 0.15) is 11.1 Å². The van der Waals surface area contributed by atoms with Crippen molar-refractivity contribution in [1.29, 1.82) is 0 Å². The van der Waals surface area contributed by atoms with Gasteiger partial charge in [0.05, 0.1) is 24.7 Å². The fourth-order valence-electron chi connectivity index (χ4n) is 1.95. The van der Waals surface area contributed by atoms with Gasteiger partial charge in [0.15, 0.2) is 0 Å². The van der Waals surface area contributed by atoms with Crippen LogP contribution in [-0.2, 0) is 0 Å². The molecule has 2 aromatic rings. The Morgan fingerprint density at radius 2 is 1.81 bits per heavy atom. The molecular weight excluding hydrogens is 270 g/mol. The van der Waals surface area contributed by atoms with E-state index in [2.05, 4.69) is 0 Å². The molecule has 0 spiro atoms. The van der Waals surface area contributed by atoms with Crippen LogP contribution in [0.3, 0.4) is 0 Å². The van der Waals surface area contributed by atoms with E-state index in [4.69, 9.17) is 9.47 Å². The Morgan fingerprint density at radius 3 is 2.38 bits per heavy atom. The summed E-state index contributed by atoms with van der Waals surface area (Å²) >= 11 is 0. The third-order valence-corrected chi connectivity index (χ3v) is 2.98. The zero-order valence-corrected chi connectivity index (χ0v) is 11.8. The van der Waals surface area contributed by atoms with Crippen molar-refractivity contribution in [3.8, 4) is 11.5 Å². The second kappa shape index (κ2) is 6.56. The normalized spacial score (nSPS) is 11.0. The van der Waals surface area contributed by atoms with E-state index in [0.717, 1.165) is 5.56 Å². The lowest BCUT2D eigenvalue weighted by atomic mass is 10.1. The van der Waals surface area contributed by atoms with Crippen LogP contribution >= 0.6 is 0 Å². The van der Waals surface area contributed by atoms with Crippen LogP contribution in [0.25, 0.3) is 11.8 Å². The van der Waals surface area contributed by atoms with Crippen molar-refractivity contribution in [3.05, 3.63) is 69.8 Å². The Labute approximate surface area is 122 Å². The highest BCUT2D eigenvalue weighted by molar-refractivity contribution is 5.79. The molecule has 5 heteroatoms. The zero-order valence-electron chi connectivity index (χ0n) is 11.8. The molecule has 0 unspecified atom stereocenters. The van der Waals surface area contributed by atoms with Crippen molar-refractivity contribution >= 4 is 11.8 Å². The Morgan fingerprint density at radius 1 is 1.10 bits per heavy atom. The first-order valence-corrected chi connectivity index (χ1v) is 6.29. The molecule has 5 nitrogen and oxygen atoms in total. The Balaban J connectivity index is 2.58. The molecule has 0 amide bonds. The summed E-state index contributed by atoms with van der Waals surface area (Å²) in [6.45, 7) is 0. The summed E-state index contributed by atoms with van der Waals surface area (Å²) in [6.07, 6.45) is 1.51. The SMILES string of the molecule is COc1ccc(OC)c(C(=Cc2ccccc2)[N+](=O)[O-])c1. The van der Waals surface area contributed by atoms with Gasteiger partial charge in [0.2, 0.25) is 0 Å². The predicted octanol–water partition coefficient (Wildman–Crippen LogP) is 3.48. The third-order valence-electron chi connectivity index (χ3n) is 2.98. The number of rotatable bonds is 5. The van der Waals surface area contributed by atoms with E-state index in [1.807, 2.05) is 18.2 Å². The van der Waals surface area contributed by atoms with Gasteiger partial charge in [-0.25, -0.2) is 0 Å². The highest BCUT2D eigenvalue weighted by Gasteiger charge is 2.20. The molecule has 0 saturated heterocycles. The molecule has 0 aromatic heterocycles. The van der Waals surface area contributed by atoms with Crippen molar-refractivity contribution in [1.82, 2.24) is 0 Å². The van der Waals surface area contributed by atoms with Gasteiger partial charge in [0.1, 0.15) is 11.5 Å². The first kappa shape index (κ1) is 14.6. The van der Waals surface area contributed by atoms with E-state index in [-0.39, 0.29) is 5.70 Å². The molecular formula is C16H15NO4. The third kappa shape index (κ3) is 3.39. The lowest BCUT2D eigenvalue weighted by Gasteiger charge is -2.08. The van der Waals surface area contributed by atoms with Crippen LogP contribution in [0.5, 0.6) is 11.5 Å². The average molecular weight is 285 g/mol. The summed E-state index contributed by atoms with van der Waals surface area (Å²) in [6, 6.07) is 14.1. The molecule has 0 aliphatic rings. The van der Waals surface area contributed by atoms with Gasteiger partial charge in [0.25, 0.3) is 5.70 Å². The minimum Gasteiger partial charge on any atom is -0.497 e. The molecule has 2 rings (SSSR count). The van der Waals surface area contributed by atoms with Gasteiger partial charge >= 0.3 is 0 Å². The number of hydrogen-bond donors (Lipinski definition) is 0. The maximum atomic E-state index is 11.4. The standard InChI is InChI=1S/C16H15NO4/c1-20-13-8-9-16(21-2)14(11-13)15(17(18)19)10-12-6-4-3-5-7-12/h3-11H,1-2H3. The van der Waals surface area contributed by atoms with Gasteiger partial charge in [-0.15, -0.1) is 0 Å². The topological polar surface area (TPSA) is 61.6 Å². The van der Waals surface area contributed by atoms with Crippen molar-refractivity contribution in [2.24, 2.45) is 0 Å². The van der Waals surface area contributed by atoms with Gasteiger partial charge in [0, 0.05) is 6.08 Å². The molecule has 0 radical (unpaired) electrons. The summed E-state index contributed by atoms with van der Waals surface area (Å²) in [5, 5.41) is 11.4. The fraction of sp³-hybridized carbons (Fsp3) is 0.125. The van der Waals surface area contributed by atoms with Gasteiger partial charge in [-0.1, -0.05) is 30.3 Å². The number of ether oxygens (including phenoxy) is 2. The summed E-state index contributed by atoms with van der Waals surface area (Å²) in [7, 11) is 2.99. The van der Waals surface area contributed by atoms with Crippen molar-refractivity contribution in [2.75, 3.05) is 14.2 Å². The van der Waals surface area contributed by atoms with E-state index in [1.54, 1.807) is 30.3 Å². The highest BCUT2D eigenvalue weighted by Crippen LogP contribution is 2.31. The largest absolute Gasteiger partial charge is 0.497 e. The first-order valence-electron chi connectivity index (χ1n) is 6.29. The number of nitrogens with zero attached hydrogens (tertiary/aromatic N) is 1. The molecule has 0 saturated carbocycles. The van der Waals surface area contributed by atoms with Crippen LogP contribution in [0.15, 0.2) is 48.5 Å². The van der Waals surface area contributed by atoms with Crippen LogP contribution in [0.4, 0.5) is 0 Å². The molecule has 0 N–H and O–H groups in total. The second-order valence-corrected chi connectivity index (χ2v) is 4.26. The minimum absolute atomic E-state index is 0.0445. The Hall–Kier alpha value is -2.82. The van der Waals surface area contributed by atoms with Crippen molar-refractivity contribution in [2.45, 2.75) is 0 Å². The number of methoxy groups -OCH3 is 2. The maximum Gasteiger partial charge on any atom is 0.281 e. The lowest BCUT2D eigenvalue weighted by molar-refractivity contribution is -0.374. The monoisotopic (exact) mass is 285 g/mol. The molecule has 0 atom stereocenters. The van der Waals surface area contributed by atoms with Gasteiger partial charge < -0.3 is 9.47 Å². The van der Waals surface area contributed by atoms with Crippen molar-refractivity contribution < 1.29 is 14.4 Å². The summed E-state index contributed by atoms with van der Waals surface area (Å²) in [5.74, 6) is 0.960. The van der Waals surface area contributed by atoms with Crippen LogP contribution in [-0.4, -0.2) is 19.1 Å². The molecule has 0 heterocycles. The predicted molar refractivity (Wildman–Crippen MR) is 80.9 cm³/mol. The van der Waals surface area contributed by atoms with Crippen molar-refractivity contribution in [3.63, 3.8) is 0 Å². The van der Waals surface area contributed by atoms with Gasteiger partial charge in [-0.2, -0.15) is 0 Å². The summed E-state index contributed by atoms with van der Waals surface area (Å²) in [4.78, 5) is 11.0. The molecule has 2 aromatic carbocycles. The van der Waals surface area contributed by atoms with E-state index >= 15 is 0 Å².